The zero-order valence-corrected chi connectivity index (χ0v) is 17.6. The highest BCUT2D eigenvalue weighted by Gasteiger charge is 2.46. The minimum Gasteiger partial charge on any atom is -0.482 e. The first-order valence-electron chi connectivity index (χ1n) is 9.43. The predicted molar refractivity (Wildman–Crippen MR) is 111 cm³/mol. The van der Waals surface area contributed by atoms with Crippen LogP contribution in [-0.2, 0) is 4.43 Å². The van der Waals surface area contributed by atoms with Crippen molar-refractivity contribution in [2.24, 2.45) is 0 Å². The van der Waals surface area contributed by atoms with E-state index in [1.807, 2.05) is 0 Å². The van der Waals surface area contributed by atoms with Gasteiger partial charge in [-0.15, -0.1) is 0 Å². The van der Waals surface area contributed by atoms with Gasteiger partial charge in [0.2, 0.25) is 0 Å². The van der Waals surface area contributed by atoms with Gasteiger partial charge in [-0.2, -0.15) is 0 Å². The summed E-state index contributed by atoms with van der Waals surface area (Å²) in [6.07, 6.45) is 2.17. The van der Waals surface area contributed by atoms with Crippen molar-refractivity contribution in [1.29, 1.82) is 0 Å². The lowest BCUT2D eigenvalue weighted by Gasteiger charge is -2.42. The second kappa shape index (κ2) is 5.83. The summed E-state index contributed by atoms with van der Waals surface area (Å²) in [6, 6.07) is 15.0. The van der Waals surface area contributed by atoms with E-state index >= 15 is 0 Å². The summed E-state index contributed by atoms with van der Waals surface area (Å²) in [7, 11) is -1.94. The van der Waals surface area contributed by atoms with Crippen molar-refractivity contribution < 1.29 is 9.16 Å². The van der Waals surface area contributed by atoms with Gasteiger partial charge in [-0.1, -0.05) is 56.7 Å². The maximum Gasteiger partial charge on any atom is 0.193 e. The summed E-state index contributed by atoms with van der Waals surface area (Å²) in [5.41, 5.74) is 6.23. The molecule has 0 aromatic heterocycles. The fourth-order valence-corrected chi connectivity index (χ4v) is 4.80. The molecule has 26 heavy (non-hydrogen) atoms. The molecule has 2 atom stereocenters. The molecule has 136 valence electrons. The molecule has 0 N–H and O–H groups in total. The van der Waals surface area contributed by atoms with Gasteiger partial charge in [0.15, 0.2) is 14.4 Å². The van der Waals surface area contributed by atoms with Crippen LogP contribution in [-0.4, -0.2) is 14.4 Å². The average Bonchev–Trinajstić information content (AvgIpc) is 2.91. The quantitative estimate of drug-likeness (QED) is 0.576. The van der Waals surface area contributed by atoms with Crippen molar-refractivity contribution in [3.8, 4) is 5.75 Å². The van der Waals surface area contributed by atoms with Crippen molar-refractivity contribution in [1.82, 2.24) is 0 Å². The highest BCUT2D eigenvalue weighted by molar-refractivity contribution is 6.74. The Hall–Kier alpha value is -1.84. The van der Waals surface area contributed by atoms with E-state index in [1.165, 1.54) is 27.8 Å². The molecule has 0 spiro atoms. The molecule has 1 heterocycles. The molecule has 0 fully saturated rings. The van der Waals surface area contributed by atoms with Crippen molar-refractivity contribution in [3.63, 3.8) is 0 Å². The van der Waals surface area contributed by atoms with Crippen LogP contribution < -0.4 is 4.74 Å². The van der Waals surface area contributed by atoms with Gasteiger partial charge in [-0.3, -0.25) is 0 Å². The number of hydrogen-bond donors (Lipinski definition) is 0. The minimum absolute atomic E-state index is 0.0557. The van der Waals surface area contributed by atoms with Crippen LogP contribution in [0.15, 0.2) is 42.5 Å². The Morgan fingerprint density at radius 1 is 1.04 bits per heavy atom. The topological polar surface area (TPSA) is 18.5 Å². The van der Waals surface area contributed by atoms with Crippen LogP contribution in [0, 0.1) is 6.92 Å². The molecule has 4 rings (SSSR count). The van der Waals surface area contributed by atoms with Crippen LogP contribution in [0.2, 0.25) is 18.1 Å². The third-order valence-electron chi connectivity index (χ3n) is 6.12. The summed E-state index contributed by atoms with van der Waals surface area (Å²) < 4.78 is 13.3. The van der Waals surface area contributed by atoms with E-state index < -0.39 is 8.32 Å². The first-order valence-corrected chi connectivity index (χ1v) is 12.3. The van der Waals surface area contributed by atoms with Crippen LogP contribution in [0.3, 0.4) is 0 Å². The number of hydrogen-bond acceptors (Lipinski definition) is 2. The van der Waals surface area contributed by atoms with E-state index in [4.69, 9.17) is 9.16 Å². The molecule has 0 saturated carbocycles. The van der Waals surface area contributed by atoms with E-state index in [-0.39, 0.29) is 17.2 Å². The summed E-state index contributed by atoms with van der Waals surface area (Å²) in [5, 5.41) is 0.158. The normalized spacial score (nSPS) is 21.4. The van der Waals surface area contributed by atoms with E-state index in [9.17, 15) is 0 Å². The van der Waals surface area contributed by atoms with E-state index in [0.717, 1.165) is 5.75 Å². The maximum absolute atomic E-state index is 6.92. The van der Waals surface area contributed by atoms with E-state index in [2.05, 4.69) is 89.3 Å². The smallest absolute Gasteiger partial charge is 0.193 e. The monoisotopic (exact) mass is 364 g/mol. The third kappa shape index (κ3) is 2.74. The lowest BCUT2D eigenvalue weighted by molar-refractivity contribution is 0.0834. The summed E-state index contributed by atoms with van der Waals surface area (Å²) in [4.78, 5) is 0. The van der Waals surface area contributed by atoms with Gasteiger partial charge >= 0.3 is 0 Å². The van der Waals surface area contributed by atoms with Gasteiger partial charge in [0.1, 0.15) is 11.9 Å². The zero-order chi connectivity index (χ0) is 18.7. The Morgan fingerprint density at radius 3 is 2.50 bits per heavy atom. The van der Waals surface area contributed by atoms with Gasteiger partial charge in [0.25, 0.3) is 0 Å². The molecule has 0 saturated heterocycles. The SMILES string of the molecule is Cc1ccc2c(c1)C1=Cc3ccccc3[C@@H](O[Si](C)(C)C(C)(C)C)[C@@H]1O2. The molecular formula is C23H28O2Si. The van der Waals surface area contributed by atoms with Crippen LogP contribution in [0.25, 0.3) is 11.6 Å². The van der Waals surface area contributed by atoms with Gasteiger partial charge in [0, 0.05) is 11.1 Å². The third-order valence-corrected chi connectivity index (χ3v) is 10.6. The molecule has 2 nitrogen and oxygen atoms in total. The molecule has 0 unspecified atom stereocenters. The highest BCUT2D eigenvalue weighted by Crippen LogP contribution is 2.51. The second-order valence-electron chi connectivity index (χ2n) is 9.07. The molecule has 0 bridgehead atoms. The lowest BCUT2D eigenvalue weighted by atomic mass is 9.85. The Bertz CT molecular complexity index is 889. The van der Waals surface area contributed by atoms with Crippen LogP contribution >= 0.6 is 0 Å². The van der Waals surface area contributed by atoms with Crippen molar-refractivity contribution in [3.05, 3.63) is 64.7 Å². The fourth-order valence-electron chi connectivity index (χ4n) is 3.56. The summed E-state index contributed by atoms with van der Waals surface area (Å²) in [6.45, 7) is 13.6. The molecule has 1 aliphatic heterocycles. The first-order chi connectivity index (χ1) is 12.2. The standard InChI is InChI=1S/C23H28O2Si/c1-15-11-12-20-18(13-15)19-14-16-9-7-8-10-17(16)22(21(19)24-20)25-26(5,6)23(2,3)4/h7-14,21-22H,1-6H3/t21-,22-/m1/s1. The number of rotatable bonds is 2. The molecule has 2 aromatic rings. The Balaban J connectivity index is 1.82. The minimum atomic E-state index is -1.94. The Morgan fingerprint density at radius 2 is 1.77 bits per heavy atom. The van der Waals surface area contributed by atoms with Gasteiger partial charge in [0.05, 0.1) is 0 Å². The molecule has 1 aliphatic carbocycles. The van der Waals surface area contributed by atoms with E-state index in [0.29, 0.717) is 0 Å². The van der Waals surface area contributed by atoms with Gasteiger partial charge in [-0.25, -0.2) is 0 Å². The maximum atomic E-state index is 6.92. The van der Waals surface area contributed by atoms with Crippen LogP contribution in [0.1, 0.15) is 49.1 Å². The van der Waals surface area contributed by atoms with E-state index in [1.54, 1.807) is 0 Å². The molecular weight excluding hydrogens is 336 g/mol. The average molecular weight is 365 g/mol. The Labute approximate surface area is 158 Å². The fraction of sp³-hybridized carbons (Fsp3) is 0.391. The largest absolute Gasteiger partial charge is 0.482 e. The zero-order valence-electron chi connectivity index (χ0n) is 16.6. The van der Waals surface area contributed by atoms with Crippen LogP contribution in [0.4, 0.5) is 0 Å². The summed E-state index contributed by atoms with van der Waals surface area (Å²) >= 11 is 0. The van der Waals surface area contributed by atoms with Crippen molar-refractivity contribution >= 4 is 20.0 Å². The van der Waals surface area contributed by atoms with Crippen molar-refractivity contribution in [2.75, 3.05) is 0 Å². The molecule has 0 amide bonds. The number of aryl methyl sites for hydroxylation is 1. The molecule has 2 aromatic carbocycles. The highest BCUT2D eigenvalue weighted by atomic mass is 28.4. The predicted octanol–water partition coefficient (Wildman–Crippen LogP) is 6.37. The number of benzene rings is 2. The number of ether oxygens (including phenoxy) is 1. The molecule has 3 heteroatoms. The molecule has 2 aliphatic rings. The number of fused-ring (bicyclic) bond motifs is 4. The molecule has 0 radical (unpaired) electrons. The second-order valence-corrected chi connectivity index (χ2v) is 13.8. The lowest BCUT2D eigenvalue weighted by Crippen LogP contribution is -2.45. The van der Waals surface area contributed by atoms with Gasteiger partial charge < -0.3 is 9.16 Å². The van der Waals surface area contributed by atoms with Crippen molar-refractivity contribution in [2.45, 2.75) is 58.0 Å². The Kier molecular flexibility index (Phi) is 3.94. The first kappa shape index (κ1) is 17.6. The van der Waals surface area contributed by atoms with Gasteiger partial charge in [-0.05, 0) is 54.4 Å². The van der Waals surface area contributed by atoms with Crippen LogP contribution in [0.5, 0.6) is 5.75 Å². The summed E-state index contributed by atoms with van der Waals surface area (Å²) in [5.74, 6) is 0.975.